The molecule has 2 aromatic carbocycles. The van der Waals surface area contributed by atoms with Gasteiger partial charge in [0, 0.05) is 6.61 Å². The van der Waals surface area contributed by atoms with Crippen molar-refractivity contribution in [2.75, 3.05) is 126 Å². The van der Waals surface area contributed by atoms with Crippen molar-refractivity contribution in [2.45, 2.75) is 20.0 Å². The highest BCUT2D eigenvalue weighted by Crippen LogP contribution is 2.17. The second-order valence-electron chi connectivity index (χ2n) is 9.61. The van der Waals surface area contributed by atoms with Crippen LogP contribution in [-0.4, -0.2) is 126 Å². The van der Waals surface area contributed by atoms with Crippen LogP contribution in [0.2, 0.25) is 0 Å². The van der Waals surface area contributed by atoms with Gasteiger partial charge < -0.3 is 52.1 Å². The smallest absolute Gasteiger partial charge is 0.119 e. The second kappa shape index (κ2) is 30.3. The average Bonchev–Trinajstić information content (AvgIpc) is 3.07. The molecule has 0 radical (unpaired) electrons. The van der Waals surface area contributed by atoms with Crippen LogP contribution in [0.4, 0.5) is 0 Å². The molecule has 0 atom stereocenters. The highest BCUT2D eigenvalue weighted by Gasteiger charge is 1.99. The molecule has 11 heteroatoms. The van der Waals surface area contributed by atoms with Crippen molar-refractivity contribution in [3.63, 3.8) is 0 Å². The van der Waals surface area contributed by atoms with Gasteiger partial charge in [-0.15, -0.1) is 0 Å². The van der Waals surface area contributed by atoms with Gasteiger partial charge in [-0.25, -0.2) is 0 Å². The average molecular weight is 639 g/mol. The molecule has 0 aliphatic carbocycles. The highest BCUT2D eigenvalue weighted by atomic mass is 16.6. The summed E-state index contributed by atoms with van der Waals surface area (Å²) in [5, 5.41) is 0. The van der Waals surface area contributed by atoms with E-state index in [1.165, 1.54) is 0 Å². The summed E-state index contributed by atoms with van der Waals surface area (Å²) < 4.78 is 60.8. The quantitative estimate of drug-likeness (QED) is 0.105. The Hall–Kier alpha value is -2.32. The molecule has 0 heterocycles. The Morgan fingerprint density at radius 1 is 0.333 bits per heavy atom. The van der Waals surface area contributed by atoms with Gasteiger partial charge in [0.25, 0.3) is 0 Å². The molecule has 256 valence electrons. The molecule has 0 spiro atoms. The minimum atomic E-state index is 0.454. The molecule has 0 unspecified atom stereocenters. The molecular formula is C34H54O11. The minimum Gasteiger partial charge on any atom is -0.491 e. The van der Waals surface area contributed by atoms with Crippen LogP contribution < -0.4 is 9.47 Å². The first-order valence-corrected chi connectivity index (χ1v) is 16.0. The van der Waals surface area contributed by atoms with Crippen LogP contribution in [0.15, 0.2) is 54.6 Å². The topological polar surface area (TPSA) is 102 Å². The molecule has 0 bridgehead atoms. The minimum absolute atomic E-state index is 0.454. The van der Waals surface area contributed by atoms with Gasteiger partial charge in [-0.3, -0.25) is 0 Å². The summed E-state index contributed by atoms with van der Waals surface area (Å²) in [6, 6.07) is 17.6. The van der Waals surface area contributed by atoms with Crippen LogP contribution in [0, 0.1) is 0 Å². The molecular weight excluding hydrogens is 584 g/mol. The maximum atomic E-state index is 5.71. The van der Waals surface area contributed by atoms with E-state index in [-0.39, 0.29) is 0 Å². The third-order valence-corrected chi connectivity index (χ3v) is 5.88. The third-order valence-electron chi connectivity index (χ3n) is 5.88. The van der Waals surface area contributed by atoms with Gasteiger partial charge in [0.1, 0.15) is 24.7 Å². The van der Waals surface area contributed by atoms with Crippen LogP contribution in [0.25, 0.3) is 0 Å². The fourth-order valence-electron chi connectivity index (χ4n) is 3.62. The molecule has 0 aliphatic rings. The van der Waals surface area contributed by atoms with Crippen LogP contribution in [0.5, 0.6) is 11.5 Å². The van der Waals surface area contributed by atoms with E-state index in [0.29, 0.717) is 126 Å². The zero-order chi connectivity index (χ0) is 31.7. The van der Waals surface area contributed by atoms with Crippen molar-refractivity contribution >= 4 is 0 Å². The monoisotopic (exact) mass is 638 g/mol. The zero-order valence-corrected chi connectivity index (χ0v) is 27.0. The number of hydrogen-bond acceptors (Lipinski definition) is 11. The molecule has 0 fully saturated rings. The van der Waals surface area contributed by atoms with Crippen molar-refractivity contribution in [3.05, 3.63) is 60.2 Å². The lowest BCUT2D eigenvalue weighted by atomic mass is 10.2. The predicted octanol–water partition coefficient (Wildman–Crippen LogP) is 4.20. The summed E-state index contributed by atoms with van der Waals surface area (Å²) in [5.41, 5.74) is 1.16. The summed E-state index contributed by atoms with van der Waals surface area (Å²) in [6.45, 7) is 12.9. The molecule has 0 aliphatic heterocycles. The summed E-state index contributed by atoms with van der Waals surface area (Å²) >= 11 is 0. The second-order valence-corrected chi connectivity index (χ2v) is 9.61. The fraction of sp³-hybridized carbons (Fsp3) is 0.647. The van der Waals surface area contributed by atoms with E-state index in [9.17, 15) is 0 Å². The maximum absolute atomic E-state index is 5.71. The Bertz CT molecular complexity index is 870. The summed E-state index contributed by atoms with van der Waals surface area (Å²) in [5.74, 6) is 1.52. The Labute approximate surface area is 269 Å². The molecule has 0 saturated heterocycles. The van der Waals surface area contributed by atoms with E-state index in [1.54, 1.807) is 0 Å². The Kier molecular flexibility index (Phi) is 26.2. The van der Waals surface area contributed by atoms with Gasteiger partial charge in [-0.2, -0.15) is 0 Å². The van der Waals surface area contributed by atoms with Gasteiger partial charge >= 0.3 is 0 Å². The SMILES string of the molecule is CCCOCCOCCOCCOCCOc1ccc(OCCOCCOCCOCCOCCOCc2ccccc2)cc1. The van der Waals surface area contributed by atoms with E-state index in [1.807, 2.05) is 54.6 Å². The standard InChI is InChI=1S/C34H54O11/c1-2-12-35-13-14-36-15-16-38-21-23-41-27-29-44-33-8-10-34(11-9-33)45-30-28-42-24-22-39-18-17-37-19-20-40-25-26-43-31-32-6-4-3-5-7-32/h3-11H,2,12-31H2,1H3. The summed E-state index contributed by atoms with van der Waals surface area (Å²) in [6.07, 6.45) is 1.02. The Morgan fingerprint density at radius 3 is 1.00 bits per heavy atom. The first kappa shape index (κ1) is 38.9. The highest BCUT2D eigenvalue weighted by molar-refractivity contribution is 5.31. The van der Waals surface area contributed by atoms with Gasteiger partial charge in [-0.1, -0.05) is 37.3 Å². The zero-order valence-electron chi connectivity index (χ0n) is 27.0. The molecule has 0 amide bonds. The van der Waals surface area contributed by atoms with Crippen molar-refractivity contribution < 1.29 is 52.1 Å². The lowest BCUT2D eigenvalue weighted by Gasteiger charge is -2.10. The summed E-state index contributed by atoms with van der Waals surface area (Å²) in [4.78, 5) is 0. The first-order chi connectivity index (χ1) is 22.4. The van der Waals surface area contributed by atoms with Crippen LogP contribution >= 0.6 is 0 Å². The van der Waals surface area contributed by atoms with Gasteiger partial charge in [0.15, 0.2) is 0 Å². The van der Waals surface area contributed by atoms with Crippen LogP contribution in [0.1, 0.15) is 18.9 Å². The number of hydrogen-bond donors (Lipinski definition) is 0. The van der Waals surface area contributed by atoms with Crippen LogP contribution in [-0.2, 0) is 49.2 Å². The van der Waals surface area contributed by atoms with Crippen molar-refractivity contribution in [3.8, 4) is 11.5 Å². The van der Waals surface area contributed by atoms with Crippen molar-refractivity contribution in [1.82, 2.24) is 0 Å². The fourth-order valence-corrected chi connectivity index (χ4v) is 3.62. The van der Waals surface area contributed by atoms with E-state index < -0.39 is 0 Å². The molecule has 0 aromatic heterocycles. The van der Waals surface area contributed by atoms with Gasteiger partial charge in [-0.05, 0) is 36.2 Å². The first-order valence-electron chi connectivity index (χ1n) is 16.0. The molecule has 0 saturated carbocycles. The Balaban J connectivity index is 1.26. The van der Waals surface area contributed by atoms with Gasteiger partial charge in [0.2, 0.25) is 0 Å². The normalized spacial score (nSPS) is 11.2. The lowest BCUT2D eigenvalue weighted by Crippen LogP contribution is -2.14. The number of rotatable bonds is 33. The maximum Gasteiger partial charge on any atom is 0.119 e. The molecule has 2 rings (SSSR count). The Morgan fingerprint density at radius 2 is 0.644 bits per heavy atom. The third kappa shape index (κ3) is 24.6. The molecule has 11 nitrogen and oxygen atoms in total. The van der Waals surface area contributed by atoms with E-state index in [4.69, 9.17) is 52.1 Å². The van der Waals surface area contributed by atoms with Crippen molar-refractivity contribution in [2.24, 2.45) is 0 Å². The largest absolute Gasteiger partial charge is 0.491 e. The van der Waals surface area contributed by atoms with E-state index in [2.05, 4.69) is 6.92 Å². The molecule has 0 N–H and O–H groups in total. The predicted molar refractivity (Wildman–Crippen MR) is 170 cm³/mol. The molecule has 45 heavy (non-hydrogen) atoms. The van der Waals surface area contributed by atoms with Crippen LogP contribution in [0.3, 0.4) is 0 Å². The molecule has 2 aromatic rings. The summed E-state index contributed by atoms with van der Waals surface area (Å²) in [7, 11) is 0. The van der Waals surface area contributed by atoms with E-state index >= 15 is 0 Å². The van der Waals surface area contributed by atoms with Crippen molar-refractivity contribution in [1.29, 1.82) is 0 Å². The van der Waals surface area contributed by atoms with Gasteiger partial charge in [0.05, 0.1) is 112 Å². The number of ether oxygens (including phenoxy) is 11. The lowest BCUT2D eigenvalue weighted by molar-refractivity contribution is -0.0139. The van der Waals surface area contributed by atoms with E-state index in [0.717, 1.165) is 30.1 Å². The number of benzene rings is 2.